The van der Waals surface area contributed by atoms with Crippen molar-refractivity contribution in [2.75, 3.05) is 13.1 Å². The maximum Gasteiger partial charge on any atom is 0.410 e. The van der Waals surface area contributed by atoms with Gasteiger partial charge in [-0.25, -0.2) is 4.79 Å². The first-order chi connectivity index (χ1) is 9.33. The van der Waals surface area contributed by atoms with E-state index in [0.29, 0.717) is 12.6 Å². The fraction of sp³-hybridized carbons (Fsp3) is 0.714. The average Bonchev–Trinajstić information content (AvgIpc) is 2.93. The third-order valence-corrected chi connectivity index (χ3v) is 3.18. The molecule has 2 heterocycles. The second kappa shape index (κ2) is 5.83. The van der Waals surface area contributed by atoms with Crippen LogP contribution in [0.3, 0.4) is 0 Å². The van der Waals surface area contributed by atoms with Crippen LogP contribution in [-0.4, -0.2) is 45.5 Å². The fourth-order valence-electron chi connectivity index (χ4n) is 2.23. The Balaban J connectivity index is 1.76. The van der Waals surface area contributed by atoms with Crippen molar-refractivity contribution in [1.29, 1.82) is 0 Å². The van der Waals surface area contributed by atoms with Crippen molar-refractivity contribution >= 4 is 6.09 Å². The lowest BCUT2D eigenvalue weighted by Gasteiger charge is -2.24. The first-order valence-corrected chi connectivity index (χ1v) is 7.03. The number of carbonyl (C=O) groups excluding carboxylic acids is 1. The van der Waals surface area contributed by atoms with E-state index in [1.807, 2.05) is 40.1 Å². The van der Waals surface area contributed by atoms with Crippen LogP contribution in [0.25, 0.3) is 0 Å². The number of hydrogen-bond donors (Lipinski definition) is 1. The van der Waals surface area contributed by atoms with Crippen LogP contribution < -0.4 is 5.32 Å². The van der Waals surface area contributed by atoms with Crippen LogP contribution in [0.5, 0.6) is 0 Å². The highest BCUT2D eigenvalue weighted by Gasteiger charge is 2.29. The summed E-state index contributed by atoms with van der Waals surface area (Å²) in [7, 11) is 1.91. The van der Waals surface area contributed by atoms with E-state index in [4.69, 9.17) is 4.74 Å². The topological polar surface area (TPSA) is 59.4 Å². The smallest absolute Gasteiger partial charge is 0.410 e. The van der Waals surface area contributed by atoms with Gasteiger partial charge in [0.05, 0.1) is 5.69 Å². The second-order valence-electron chi connectivity index (χ2n) is 6.27. The lowest BCUT2D eigenvalue weighted by atomic mass is 10.2. The van der Waals surface area contributed by atoms with Crippen LogP contribution in [0.1, 0.15) is 32.9 Å². The maximum absolute atomic E-state index is 11.9. The molecule has 1 aromatic heterocycles. The van der Waals surface area contributed by atoms with Gasteiger partial charge in [0.1, 0.15) is 5.60 Å². The minimum absolute atomic E-state index is 0.223. The predicted molar refractivity (Wildman–Crippen MR) is 76.3 cm³/mol. The molecule has 1 amide bonds. The Labute approximate surface area is 120 Å². The predicted octanol–water partition coefficient (Wildman–Crippen LogP) is 1.52. The summed E-state index contributed by atoms with van der Waals surface area (Å²) >= 11 is 0. The van der Waals surface area contributed by atoms with Gasteiger partial charge in [-0.1, -0.05) is 0 Å². The van der Waals surface area contributed by atoms with E-state index in [2.05, 4.69) is 10.4 Å². The Hall–Kier alpha value is -1.56. The zero-order valence-corrected chi connectivity index (χ0v) is 12.7. The highest BCUT2D eigenvalue weighted by molar-refractivity contribution is 5.68. The molecule has 0 spiro atoms. The van der Waals surface area contributed by atoms with Gasteiger partial charge in [-0.3, -0.25) is 4.68 Å². The summed E-state index contributed by atoms with van der Waals surface area (Å²) in [5.41, 5.74) is 0.583. The number of nitrogens with one attached hydrogen (secondary N) is 1. The molecule has 0 saturated carbocycles. The summed E-state index contributed by atoms with van der Waals surface area (Å²) in [6.07, 6.45) is 2.66. The molecule has 6 heteroatoms. The van der Waals surface area contributed by atoms with E-state index in [9.17, 15) is 4.79 Å². The summed E-state index contributed by atoms with van der Waals surface area (Å²) < 4.78 is 7.17. The van der Waals surface area contributed by atoms with Gasteiger partial charge in [-0.05, 0) is 33.3 Å². The number of aryl methyl sites for hydroxylation is 1. The van der Waals surface area contributed by atoms with Crippen LogP contribution in [0, 0.1) is 0 Å². The molecule has 20 heavy (non-hydrogen) atoms. The zero-order valence-electron chi connectivity index (χ0n) is 12.7. The SMILES string of the molecule is Cn1ccc(CNC2CCN(C(=O)OC(C)(C)C)C2)n1. The third kappa shape index (κ3) is 4.23. The summed E-state index contributed by atoms with van der Waals surface area (Å²) in [6, 6.07) is 2.30. The van der Waals surface area contributed by atoms with Crippen LogP contribution in [-0.2, 0) is 18.3 Å². The molecule has 1 aromatic rings. The molecule has 1 N–H and O–H groups in total. The molecule has 1 aliphatic rings. The number of ether oxygens (including phenoxy) is 1. The van der Waals surface area contributed by atoms with E-state index in [0.717, 1.165) is 25.2 Å². The molecule has 0 radical (unpaired) electrons. The number of nitrogens with zero attached hydrogens (tertiary/aromatic N) is 3. The Morgan fingerprint density at radius 1 is 1.55 bits per heavy atom. The van der Waals surface area contributed by atoms with Crippen molar-refractivity contribution in [2.45, 2.75) is 45.4 Å². The van der Waals surface area contributed by atoms with E-state index >= 15 is 0 Å². The Morgan fingerprint density at radius 2 is 2.30 bits per heavy atom. The van der Waals surface area contributed by atoms with E-state index in [-0.39, 0.29) is 6.09 Å². The van der Waals surface area contributed by atoms with Crippen molar-refractivity contribution < 1.29 is 9.53 Å². The molecule has 1 saturated heterocycles. The molecule has 2 rings (SSSR count). The normalized spacial score (nSPS) is 19.4. The first-order valence-electron chi connectivity index (χ1n) is 7.03. The molecule has 0 aliphatic carbocycles. The van der Waals surface area contributed by atoms with E-state index in [1.54, 1.807) is 9.58 Å². The fourth-order valence-corrected chi connectivity index (χ4v) is 2.23. The summed E-state index contributed by atoms with van der Waals surface area (Å²) in [6.45, 7) is 7.83. The van der Waals surface area contributed by atoms with Gasteiger partial charge in [0.15, 0.2) is 0 Å². The van der Waals surface area contributed by atoms with Gasteiger partial charge < -0.3 is 15.0 Å². The summed E-state index contributed by atoms with van der Waals surface area (Å²) in [5.74, 6) is 0. The average molecular weight is 280 g/mol. The number of rotatable bonds is 3. The van der Waals surface area contributed by atoms with Gasteiger partial charge in [0.25, 0.3) is 0 Å². The monoisotopic (exact) mass is 280 g/mol. The largest absolute Gasteiger partial charge is 0.444 e. The van der Waals surface area contributed by atoms with E-state index < -0.39 is 5.60 Å². The molecular formula is C14H24N4O2. The van der Waals surface area contributed by atoms with Gasteiger partial charge in [-0.2, -0.15) is 5.10 Å². The van der Waals surface area contributed by atoms with Crippen LogP contribution in [0.2, 0.25) is 0 Å². The lowest BCUT2D eigenvalue weighted by molar-refractivity contribution is 0.0291. The number of likely N-dealkylation sites (tertiary alicyclic amines) is 1. The first kappa shape index (κ1) is 14.8. The van der Waals surface area contributed by atoms with Crippen molar-refractivity contribution in [3.8, 4) is 0 Å². The number of carbonyl (C=O) groups is 1. The third-order valence-electron chi connectivity index (χ3n) is 3.18. The summed E-state index contributed by atoms with van der Waals surface area (Å²) in [4.78, 5) is 13.7. The lowest BCUT2D eigenvalue weighted by Crippen LogP contribution is -2.38. The molecule has 1 atom stereocenters. The molecule has 0 bridgehead atoms. The Morgan fingerprint density at radius 3 is 2.90 bits per heavy atom. The van der Waals surface area contributed by atoms with Crippen molar-refractivity contribution in [3.63, 3.8) is 0 Å². The van der Waals surface area contributed by atoms with Crippen molar-refractivity contribution in [2.24, 2.45) is 7.05 Å². The molecule has 112 valence electrons. The van der Waals surface area contributed by atoms with Gasteiger partial charge in [0.2, 0.25) is 0 Å². The molecule has 0 aromatic carbocycles. The van der Waals surface area contributed by atoms with Gasteiger partial charge in [-0.15, -0.1) is 0 Å². The van der Waals surface area contributed by atoms with Crippen LogP contribution >= 0.6 is 0 Å². The summed E-state index contributed by atoms with van der Waals surface area (Å²) in [5, 5.41) is 7.76. The minimum Gasteiger partial charge on any atom is -0.444 e. The van der Waals surface area contributed by atoms with E-state index in [1.165, 1.54) is 0 Å². The highest BCUT2D eigenvalue weighted by Crippen LogP contribution is 2.15. The second-order valence-corrected chi connectivity index (χ2v) is 6.27. The number of aromatic nitrogens is 2. The van der Waals surface area contributed by atoms with Crippen molar-refractivity contribution in [3.05, 3.63) is 18.0 Å². The number of hydrogen-bond acceptors (Lipinski definition) is 4. The molecular weight excluding hydrogens is 256 g/mol. The Bertz CT molecular complexity index is 464. The van der Waals surface area contributed by atoms with Crippen LogP contribution in [0.15, 0.2) is 12.3 Å². The molecule has 1 aliphatic heterocycles. The zero-order chi connectivity index (χ0) is 14.8. The highest BCUT2D eigenvalue weighted by atomic mass is 16.6. The van der Waals surface area contributed by atoms with Gasteiger partial charge >= 0.3 is 6.09 Å². The molecule has 6 nitrogen and oxygen atoms in total. The van der Waals surface area contributed by atoms with Gasteiger partial charge in [0, 0.05) is 38.9 Å². The quantitative estimate of drug-likeness (QED) is 0.912. The van der Waals surface area contributed by atoms with Crippen LogP contribution in [0.4, 0.5) is 4.79 Å². The Kier molecular flexibility index (Phi) is 4.32. The molecule has 1 fully saturated rings. The maximum atomic E-state index is 11.9. The molecule has 1 unspecified atom stereocenters. The van der Waals surface area contributed by atoms with Crippen molar-refractivity contribution in [1.82, 2.24) is 20.0 Å². The number of amides is 1. The minimum atomic E-state index is -0.434. The standard InChI is InChI=1S/C14H24N4O2/c1-14(2,3)20-13(19)18-8-6-12(10-18)15-9-11-5-7-17(4)16-11/h5,7,12,15H,6,8-10H2,1-4H3.